The number of hydrogen-bond donors (Lipinski definition) is 1. The number of piperidine rings is 1. The van der Waals surface area contributed by atoms with Gasteiger partial charge in [-0.1, -0.05) is 53.2 Å². The van der Waals surface area contributed by atoms with Crippen molar-refractivity contribution in [3.05, 3.63) is 66.0 Å². The maximum atomic E-state index is 12.8. The number of aryl methyl sites for hydroxylation is 1. The van der Waals surface area contributed by atoms with E-state index >= 15 is 0 Å². The van der Waals surface area contributed by atoms with Gasteiger partial charge in [0.2, 0.25) is 5.91 Å². The molecule has 8 heteroatoms. The molecule has 0 radical (unpaired) electrons. The molecule has 1 fully saturated rings. The van der Waals surface area contributed by atoms with Crippen molar-refractivity contribution in [2.75, 3.05) is 25.1 Å². The fraction of sp³-hybridized carbons (Fsp3) is 0.308. The summed E-state index contributed by atoms with van der Waals surface area (Å²) in [6.45, 7) is 3.95. The summed E-state index contributed by atoms with van der Waals surface area (Å²) >= 11 is 0. The molecule has 0 unspecified atom stereocenters. The van der Waals surface area contributed by atoms with Crippen LogP contribution in [0.5, 0.6) is 5.75 Å². The molecule has 1 N–H and O–H groups in total. The summed E-state index contributed by atoms with van der Waals surface area (Å²) in [5.74, 6) is 1.62. The fourth-order valence-corrected chi connectivity index (χ4v) is 4.45. The summed E-state index contributed by atoms with van der Waals surface area (Å²) in [6, 6.07) is 15.9. The van der Waals surface area contributed by atoms with Crippen LogP contribution in [0.25, 0.3) is 22.4 Å². The van der Waals surface area contributed by atoms with E-state index in [1.807, 2.05) is 36.4 Å². The van der Waals surface area contributed by atoms with Crippen LogP contribution >= 0.6 is 0 Å². The van der Waals surface area contributed by atoms with Crippen LogP contribution < -0.4 is 15.0 Å². The lowest BCUT2D eigenvalue weighted by Gasteiger charge is -2.32. The molecule has 3 heterocycles. The van der Waals surface area contributed by atoms with Crippen molar-refractivity contribution < 1.29 is 14.1 Å². The van der Waals surface area contributed by atoms with Gasteiger partial charge < -0.3 is 19.5 Å². The average Bonchev–Trinajstić information content (AvgIpc) is 3.32. The first kappa shape index (κ1) is 21.9. The third kappa shape index (κ3) is 4.31. The summed E-state index contributed by atoms with van der Waals surface area (Å²) in [4.78, 5) is 23.9. The normalized spacial score (nSPS) is 14.4. The molecule has 5 rings (SSSR count). The van der Waals surface area contributed by atoms with E-state index in [0.717, 1.165) is 59.7 Å². The minimum atomic E-state index is -0.0395. The van der Waals surface area contributed by atoms with Crippen molar-refractivity contribution in [3.8, 4) is 17.0 Å². The van der Waals surface area contributed by atoms with Crippen LogP contribution in [-0.2, 0) is 11.3 Å². The second-order valence-electron chi connectivity index (χ2n) is 8.57. The summed E-state index contributed by atoms with van der Waals surface area (Å²) in [7, 11) is 1.64. The molecule has 0 atom stereocenters. The number of nitrogens with one attached hydrogen (secondary N) is 1. The monoisotopic (exact) mass is 457 g/mol. The number of rotatable bonds is 6. The third-order valence-corrected chi connectivity index (χ3v) is 6.39. The highest BCUT2D eigenvalue weighted by Gasteiger charge is 2.28. The molecule has 174 valence electrons. The lowest BCUT2D eigenvalue weighted by Crippen LogP contribution is -2.40. The second-order valence-corrected chi connectivity index (χ2v) is 8.57. The Labute approximate surface area is 197 Å². The van der Waals surface area contributed by atoms with Crippen molar-refractivity contribution in [1.82, 2.24) is 20.4 Å². The molecule has 2 aromatic carbocycles. The highest BCUT2D eigenvalue weighted by molar-refractivity contribution is 5.98. The zero-order valence-corrected chi connectivity index (χ0v) is 19.3. The van der Waals surface area contributed by atoms with Crippen molar-refractivity contribution in [3.63, 3.8) is 0 Å². The quantitative estimate of drug-likeness (QED) is 0.465. The van der Waals surface area contributed by atoms with E-state index in [1.165, 1.54) is 11.9 Å². The molecule has 34 heavy (non-hydrogen) atoms. The summed E-state index contributed by atoms with van der Waals surface area (Å²) in [5, 5.41) is 8.16. The van der Waals surface area contributed by atoms with E-state index in [9.17, 15) is 4.79 Å². The van der Waals surface area contributed by atoms with Gasteiger partial charge in [0.1, 0.15) is 29.0 Å². The number of carbonyl (C=O) groups is 1. The Morgan fingerprint density at radius 2 is 1.88 bits per heavy atom. The summed E-state index contributed by atoms with van der Waals surface area (Å²) < 4.78 is 10.9. The maximum Gasteiger partial charge on any atom is 0.263 e. The van der Waals surface area contributed by atoms with Crippen LogP contribution in [0.2, 0.25) is 0 Å². The van der Waals surface area contributed by atoms with Crippen molar-refractivity contribution in [2.24, 2.45) is 5.92 Å². The predicted octanol–water partition coefficient (Wildman–Crippen LogP) is 4.13. The van der Waals surface area contributed by atoms with Crippen LogP contribution in [0.1, 0.15) is 24.0 Å². The van der Waals surface area contributed by atoms with Crippen LogP contribution in [0, 0.1) is 12.8 Å². The molecule has 0 bridgehead atoms. The molecule has 1 aliphatic rings. The molecule has 0 aliphatic carbocycles. The molecule has 8 nitrogen and oxygen atoms in total. The van der Waals surface area contributed by atoms with Gasteiger partial charge in [0, 0.05) is 36.7 Å². The molecular weight excluding hydrogens is 430 g/mol. The number of amides is 1. The van der Waals surface area contributed by atoms with Gasteiger partial charge in [0.15, 0.2) is 0 Å². The first-order valence-corrected chi connectivity index (χ1v) is 11.5. The van der Waals surface area contributed by atoms with E-state index in [2.05, 4.69) is 44.4 Å². The molecule has 1 saturated heterocycles. The number of aromatic nitrogens is 3. The zero-order valence-electron chi connectivity index (χ0n) is 19.3. The Bertz CT molecular complexity index is 1290. The van der Waals surface area contributed by atoms with Crippen molar-refractivity contribution >= 4 is 22.8 Å². The largest absolute Gasteiger partial charge is 0.496 e. The molecule has 1 amide bonds. The van der Waals surface area contributed by atoms with Gasteiger partial charge in [-0.3, -0.25) is 4.79 Å². The minimum Gasteiger partial charge on any atom is -0.496 e. The first-order valence-electron chi connectivity index (χ1n) is 11.5. The molecule has 0 spiro atoms. The van der Waals surface area contributed by atoms with Gasteiger partial charge in [-0.15, -0.1) is 0 Å². The van der Waals surface area contributed by atoms with Gasteiger partial charge in [-0.2, -0.15) is 4.98 Å². The van der Waals surface area contributed by atoms with E-state index in [-0.39, 0.29) is 11.8 Å². The zero-order chi connectivity index (χ0) is 23.5. The Morgan fingerprint density at radius 3 is 2.65 bits per heavy atom. The Kier molecular flexibility index (Phi) is 6.12. The van der Waals surface area contributed by atoms with Crippen LogP contribution in [0.3, 0.4) is 0 Å². The predicted molar refractivity (Wildman–Crippen MR) is 130 cm³/mol. The Morgan fingerprint density at radius 1 is 1.12 bits per heavy atom. The van der Waals surface area contributed by atoms with Crippen LogP contribution in [0.4, 0.5) is 5.82 Å². The first-order chi connectivity index (χ1) is 16.6. The number of ether oxygens (including phenoxy) is 1. The number of benzene rings is 2. The standard InChI is InChI=1S/C26H27N5O3/c1-17-7-9-18(10-8-17)23-22-24(28-16-29-26(22)34-30-23)31-13-11-19(12-14-31)25(32)27-15-20-5-3-4-6-21(20)33-2/h3-10,16,19H,11-15H2,1-2H3,(H,27,32). The van der Waals surface area contributed by atoms with Crippen molar-refractivity contribution in [2.45, 2.75) is 26.3 Å². The van der Waals surface area contributed by atoms with Crippen LogP contribution in [0.15, 0.2) is 59.4 Å². The topological polar surface area (TPSA) is 93.4 Å². The van der Waals surface area contributed by atoms with E-state index in [1.54, 1.807) is 7.11 Å². The van der Waals surface area contributed by atoms with E-state index in [4.69, 9.17) is 9.26 Å². The highest BCUT2D eigenvalue weighted by Crippen LogP contribution is 2.34. The summed E-state index contributed by atoms with van der Waals surface area (Å²) in [5.41, 5.74) is 4.32. The van der Waals surface area contributed by atoms with E-state index < -0.39 is 0 Å². The Balaban J connectivity index is 1.28. The van der Waals surface area contributed by atoms with Gasteiger partial charge in [-0.25, -0.2) is 4.98 Å². The van der Waals surface area contributed by atoms with E-state index in [0.29, 0.717) is 12.3 Å². The Hall–Kier alpha value is -3.94. The molecule has 1 aliphatic heterocycles. The minimum absolute atomic E-state index is 0.0395. The van der Waals surface area contributed by atoms with Gasteiger partial charge in [0.25, 0.3) is 5.71 Å². The number of nitrogens with zero attached hydrogens (tertiary/aromatic N) is 4. The van der Waals surface area contributed by atoms with Crippen molar-refractivity contribution in [1.29, 1.82) is 0 Å². The lowest BCUT2D eigenvalue weighted by atomic mass is 9.95. The number of hydrogen-bond acceptors (Lipinski definition) is 7. The molecular formula is C26H27N5O3. The van der Waals surface area contributed by atoms with Gasteiger partial charge in [-0.05, 0) is 25.8 Å². The number of methoxy groups -OCH3 is 1. The molecule has 2 aromatic heterocycles. The molecule has 0 saturated carbocycles. The number of anilines is 1. The smallest absolute Gasteiger partial charge is 0.263 e. The van der Waals surface area contributed by atoms with Crippen LogP contribution in [-0.4, -0.2) is 41.2 Å². The summed E-state index contributed by atoms with van der Waals surface area (Å²) in [6.07, 6.45) is 3.00. The average molecular weight is 458 g/mol. The fourth-order valence-electron chi connectivity index (χ4n) is 4.45. The highest BCUT2D eigenvalue weighted by atomic mass is 16.5. The molecule has 4 aromatic rings. The number of carbonyl (C=O) groups excluding carboxylic acids is 1. The number of para-hydroxylation sites is 1. The SMILES string of the molecule is COc1ccccc1CNC(=O)C1CCN(c2ncnc3onc(-c4ccc(C)cc4)c23)CC1. The van der Waals surface area contributed by atoms with Gasteiger partial charge in [0.05, 0.1) is 7.11 Å². The third-order valence-electron chi connectivity index (χ3n) is 6.39. The lowest BCUT2D eigenvalue weighted by molar-refractivity contribution is -0.125. The van der Waals surface area contributed by atoms with Gasteiger partial charge >= 0.3 is 0 Å². The number of fused-ring (bicyclic) bond motifs is 1. The second kappa shape index (κ2) is 9.51. The maximum absolute atomic E-state index is 12.8.